The predicted molar refractivity (Wildman–Crippen MR) is 62.2 cm³/mol. The van der Waals surface area contributed by atoms with Gasteiger partial charge in [-0.3, -0.25) is 0 Å². The first-order valence-electron chi connectivity index (χ1n) is 5.06. The van der Waals surface area contributed by atoms with Crippen LogP contribution in [-0.4, -0.2) is 27.7 Å². The van der Waals surface area contributed by atoms with E-state index in [0.717, 1.165) is 0 Å². The molecule has 0 saturated heterocycles. The Morgan fingerprint density at radius 3 is 2.39 bits per heavy atom. The molecule has 0 unspecified atom stereocenters. The maximum absolute atomic E-state index is 12.7. The van der Waals surface area contributed by atoms with Crippen LogP contribution in [0.4, 0.5) is 13.2 Å². The summed E-state index contributed by atoms with van der Waals surface area (Å²) in [5.74, 6) is -1.17. The zero-order valence-corrected chi connectivity index (χ0v) is 11.2. The Bertz CT molecular complexity index is 462. The number of halogens is 3. The summed E-state index contributed by atoms with van der Waals surface area (Å²) in [6, 6.07) is 10.2. The fourth-order valence-corrected chi connectivity index (χ4v) is 2.91. The number of benzene rings is 1. The molecule has 1 aromatic carbocycles. The zero-order chi connectivity index (χ0) is 13.6. The van der Waals surface area contributed by atoms with Gasteiger partial charge in [-0.2, -0.15) is 0 Å². The zero-order valence-electron chi connectivity index (χ0n) is 9.49. The van der Waals surface area contributed by atoms with Gasteiger partial charge in [0.25, 0.3) is 0 Å². The van der Waals surface area contributed by atoms with Crippen molar-refractivity contribution < 1.29 is 17.9 Å². The van der Waals surface area contributed by atoms with Crippen LogP contribution in [0.2, 0.25) is 0 Å². The molecular weight excluding hydrogens is 310 g/mol. The van der Waals surface area contributed by atoms with Gasteiger partial charge in [-0.1, -0.05) is 0 Å². The molecule has 0 amide bonds. The number of hydrogen-bond acceptors (Lipinski definition) is 2. The molecule has 18 heavy (non-hydrogen) atoms. The molecule has 0 saturated carbocycles. The maximum atomic E-state index is 12.7. The molecule has 0 radical (unpaired) electrons. The second kappa shape index (κ2) is 6.48. The molecule has 96 valence electrons. The van der Waals surface area contributed by atoms with Gasteiger partial charge in [-0.05, 0) is 0 Å². The first-order chi connectivity index (χ1) is 8.49. The second-order valence-electron chi connectivity index (χ2n) is 3.12. The summed E-state index contributed by atoms with van der Waals surface area (Å²) in [6.07, 6.45) is -4.63. The fourth-order valence-electron chi connectivity index (χ4n) is 1.15. The molecule has 0 N–H and O–H groups in total. The third-order valence-electron chi connectivity index (χ3n) is 1.82. The molecule has 0 aliphatic heterocycles. The van der Waals surface area contributed by atoms with Gasteiger partial charge in [0.15, 0.2) is 0 Å². The van der Waals surface area contributed by atoms with Crippen LogP contribution in [0.5, 0.6) is 0 Å². The summed E-state index contributed by atoms with van der Waals surface area (Å²) in [4.78, 5) is 0. The van der Waals surface area contributed by atoms with Gasteiger partial charge < -0.3 is 0 Å². The standard InChI is InChI=1S/C12H10F3NOSe/c1-2-17-11(12(13,14)15)10(8-16)18-9-6-4-3-5-7-9/h3-7H,2H2,1H3/b11-10-. The Hall–Kier alpha value is -1.44. The molecule has 1 aromatic rings. The van der Waals surface area contributed by atoms with E-state index < -0.39 is 26.9 Å². The summed E-state index contributed by atoms with van der Waals surface area (Å²) >= 11 is -0.712. The van der Waals surface area contributed by atoms with E-state index in [1.165, 1.54) is 6.92 Å². The fraction of sp³-hybridized carbons (Fsp3) is 0.250. The van der Waals surface area contributed by atoms with Gasteiger partial charge in [0.1, 0.15) is 0 Å². The number of hydrogen-bond donors (Lipinski definition) is 0. The van der Waals surface area contributed by atoms with Crippen LogP contribution in [-0.2, 0) is 4.74 Å². The average molecular weight is 320 g/mol. The topological polar surface area (TPSA) is 33.0 Å². The number of nitriles is 1. The van der Waals surface area contributed by atoms with Gasteiger partial charge >= 0.3 is 109 Å². The van der Waals surface area contributed by atoms with E-state index in [0.29, 0.717) is 4.46 Å². The minimum atomic E-state index is -4.63. The quantitative estimate of drug-likeness (QED) is 0.485. The average Bonchev–Trinajstić information content (AvgIpc) is 2.33. The van der Waals surface area contributed by atoms with Crippen molar-refractivity contribution >= 4 is 19.4 Å². The molecule has 0 aliphatic rings. The van der Waals surface area contributed by atoms with Crippen molar-refractivity contribution in [3.05, 3.63) is 40.6 Å². The third kappa shape index (κ3) is 4.10. The number of ether oxygens (including phenoxy) is 1. The molecular formula is C12H10F3NOSe. The Balaban J connectivity index is 3.09. The summed E-state index contributed by atoms with van der Waals surface area (Å²) in [6.45, 7) is 1.33. The van der Waals surface area contributed by atoms with Crippen molar-refractivity contribution in [1.82, 2.24) is 0 Å². The number of alkyl halides is 3. The van der Waals surface area contributed by atoms with Crippen LogP contribution in [0.1, 0.15) is 6.92 Å². The summed E-state index contributed by atoms with van der Waals surface area (Å²) in [5, 5.41) is 8.88. The second-order valence-corrected chi connectivity index (χ2v) is 5.39. The van der Waals surface area contributed by atoms with Crippen LogP contribution in [0.25, 0.3) is 0 Å². The van der Waals surface area contributed by atoms with Crippen LogP contribution in [0.15, 0.2) is 40.6 Å². The van der Waals surface area contributed by atoms with Crippen molar-refractivity contribution in [2.24, 2.45) is 0 Å². The summed E-state index contributed by atoms with van der Waals surface area (Å²) in [5.41, 5.74) is 0. The SMILES string of the molecule is CCO/C(=C(/C#N)[Se]c1ccccc1)C(F)(F)F. The van der Waals surface area contributed by atoms with E-state index >= 15 is 0 Å². The number of allylic oxidation sites excluding steroid dienone is 2. The Morgan fingerprint density at radius 1 is 1.33 bits per heavy atom. The van der Waals surface area contributed by atoms with Crippen LogP contribution >= 0.6 is 0 Å². The molecule has 1 rings (SSSR count). The van der Waals surface area contributed by atoms with Crippen LogP contribution < -0.4 is 4.46 Å². The van der Waals surface area contributed by atoms with E-state index in [2.05, 4.69) is 4.74 Å². The van der Waals surface area contributed by atoms with E-state index in [4.69, 9.17) is 5.26 Å². The van der Waals surface area contributed by atoms with Gasteiger partial charge in [-0.25, -0.2) is 0 Å². The predicted octanol–water partition coefficient (Wildman–Crippen LogP) is 2.35. The van der Waals surface area contributed by atoms with E-state index in [9.17, 15) is 13.2 Å². The monoisotopic (exact) mass is 321 g/mol. The molecule has 0 aromatic heterocycles. The van der Waals surface area contributed by atoms with Crippen molar-refractivity contribution in [3.8, 4) is 6.07 Å². The van der Waals surface area contributed by atoms with Crippen LogP contribution in [0.3, 0.4) is 0 Å². The first kappa shape index (κ1) is 14.6. The molecule has 0 bridgehead atoms. The molecule has 0 spiro atoms. The Kier molecular flexibility index (Phi) is 5.26. The van der Waals surface area contributed by atoms with Gasteiger partial charge in [0.05, 0.1) is 0 Å². The molecule has 0 heterocycles. The molecule has 0 atom stereocenters. The van der Waals surface area contributed by atoms with Crippen molar-refractivity contribution in [2.45, 2.75) is 13.1 Å². The van der Waals surface area contributed by atoms with Crippen molar-refractivity contribution in [1.29, 1.82) is 5.26 Å². The van der Waals surface area contributed by atoms with E-state index in [1.807, 2.05) is 0 Å². The first-order valence-corrected chi connectivity index (χ1v) is 6.77. The molecule has 0 aliphatic carbocycles. The summed E-state index contributed by atoms with van der Waals surface area (Å²) < 4.78 is 43.1. The van der Waals surface area contributed by atoms with Gasteiger partial charge in [0.2, 0.25) is 0 Å². The summed E-state index contributed by atoms with van der Waals surface area (Å²) in [7, 11) is 0. The van der Waals surface area contributed by atoms with Gasteiger partial charge in [0, 0.05) is 0 Å². The van der Waals surface area contributed by atoms with Crippen LogP contribution in [0, 0.1) is 11.3 Å². The molecule has 0 fully saturated rings. The minimum absolute atomic E-state index is 0.120. The Labute approximate surface area is 109 Å². The molecule has 6 heteroatoms. The van der Waals surface area contributed by atoms with E-state index in [1.54, 1.807) is 36.4 Å². The van der Waals surface area contributed by atoms with E-state index in [-0.39, 0.29) is 11.1 Å². The number of rotatable bonds is 4. The number of nitrogens with zero attached hydrogens (tertiary/aromatic N) is 1. The van der Waals surface area contributed by atoms with Gasteiger partial charge in [-0.15, -0.1) is 0 Å². The third-order valence-corrected chi connectivity index (χ3v) is 3.89. The molecule has 2 nitrogen and oxygen atoms in total. The van der Waals surface area contributed by atoms with Crippen molar-refractivity contribution in [2.75, 3.05) is 6.61 Å². The Morgan fingerprint density at radius 2 is 1.94 bits per heavy atom. The van der Waals surface area contributed by atoms with Crippen molar-refractivity contribution in [3.63, 3.8) is 0 Å². The normalized spacial score (nSPS) is 12.6.